The van der Waals surface area contributed by atoms with Gasteiger partial charge in [0, 0.05) is 23.7 Å². The Balaban J connectivity index is 1.56. The molecule has 4 heterocycles. The van der Waals surface area contributed by atoms with E-state index in [9.17, 15) is 14.4 Å². The van der Waals surface area contributed by atoms with Crippen molar-refractivity contribution < 1.29 is 14.4 Å². The van der Waals surface area contributed by atoms with Crippen LogP contribution >= 0.6 is 11.3 Å². The maximum atomic E-state index is 13.3. The molecule has 0 aliphatic carbocycles. The molecular weight excluding hydrogens is 366 g/mol. The van der Waals surface area contributed by atoms with Crippen LogP contribution in [0.2, 0.25) is 0 Å². The van der Waals surface area contributed by atoms with Crippen molar-refractivity contribution in [1.82, 2.24) is 20.9 Å². The fourth-order valence-corrected chi connectivity index (χ4v) is 4.70. The molecule has 0 aromatic carbocycles. The third-order valence-electron chi connectivity index (χ3n) is 5.30. The predicted octanol–water partition coefficient (Wildman–Crippen LogP) is 1.29. The quantitative estimate of drug-likeness (QED) is 0.712. The fourth-order valence-electron chi connectivity index (χ4n) is 3.92. The van der Waals surface area contributed by atoms with E-state index in [4.69, 9.17) is 0 Å². The van der Waals surface area contributed by atoms with E-state index in [1.807, 2.05) is 17.5 Å². The maximum Gasteiger partial charge on any atom is 0.319 e. The number of amidine groups is 1. The molecule has 3 aliphatic rings. The van der Waals surface area contributed by atoms with Crippen molar-refractivity contribution in [2.75, 3.05) is 13.1 Å². The minimum absolute atomic E-state index is 0.0782. The standard InChI is InChI=1S/C18H21N5O3S/c1-10-13(14(21-17(26)19-10)12-4-3-9-27-12)15(24)23-7-5-18(6-8-23)16(25)20-11(2)22-18/h3-4,9,14H,5-8H2,1-2H3,(H2,19,21,26)(H,20,22,25)/t14-/m1/s1. The van der Waals surface area contributed by atoms with Gasteiger partial charge in [-0.2, -0.15) is 0 Å². The zero-order valence-electron chi connectivity index (χ0n) is 15.2. The Hall–Kier alpha value is -2.68. The van der Waals surface area contributed by atoms with Gasteiger partial charge in [0.15, 0.2) is 0 Å². The number of likely N-dealkylation sites (tertiary alicyclic amines) is 1. The second-order valence-electron chi connectivity index (χ2n) is 7.06. The first-order valence-electron chi connectivity index (χ1n) is 8.88. The van der Waals surface area contributed by atoms with Gasteiger partial charge in [0.2, 0.25) is 0 Å². The lowest BCUT2D eigenvalue weighted by Gasteiger charge is -2.38. The van der Waals surface area contributed by atoms with E-state index in [1.165, 1.54) is 11.3 Å². The number of amides is 4. The largest absolute Gasteiger partial charge is 0.339 e. The van der Waals surface area contributed by atoms with Crippen LogP contribution in [0.5, 0.6) is 0 Å². The van der Waals surface area contributed by atoms with Gasteiger partial charge in [-0.1, -0.05) is 6.07 Å². The Labute approximate surface area is 160 Å². The molecule has 4 rings (SSSR count). The molecule has 142 valence electrons. The van der Waals surface area contributed by atoms with Gasteiger partial charge in [0.05, 0.1) is 11.6 Å². The molecule has 1 atom stereocenters. The zero-order valence-corrected chi connectivity index (χ0v) is 16.0. The van der Waals surface area contributed by atoms with Crippen LogP contribution in [0, 0.1) is 0 Å². The highest BCUT2D eigenvalue weighted by molar-refractivity contribution is 7.10. The topological polar surface area (TPSA) is 103 Å². The van der Waals surface area contributed by atoms with Gasteiger partial charge in [-0.15, -0.1) is 11.3 Å². The van der Waals surface area contributed by atoms with Gasteiger partial charge in [-0.05, 0) is 38.1 Å². The maximum absolute atomic E-state index is 13.3. The van der Waals surface area contributed by atoms with Crippen molar-refractivity contribution >= 4 is 35.0 Å². The Morgan fingerprint density at radius 1 is 1.26 bits per heavy atom. The Morgan fingerprint density at radius 3 is 2.59 bits per heavy atom. The summed E-state index contributed by atoms with van der Waals surface area (Å²) >= 11 is 1.50. The summed E-state index contributed by atoms with van der Waals surface area (Å²) in [5.41, 5.74) is 0.370. The first-order chi connectivity index (χ1) is 12.9. The van der Waals surface area contributed by atoms with Crippen LogP contribution in [0.25, 0.3) is 0 Å². The van der Waals surface area contributed by atoms with E-state index in [0.717, 1.165) is 4.88 Å². The second-order valence-corrected chi connectivity index (χ2v) is 8.04. The summed E-state index contributed by atoms with van der Waals surface area (Å²) in [5.74, 6) is 0.438. The molecular formula is C18H21N5O3S. The van der Waals surface area contributed by atoms with Crippen molar-refractivity contribution in [2.45, 2.75) is 38.3 Å². The molecule has 1 fully saturated rings. The lowest BCUT2D eigenvalue weighted by molar-refractivity contribution is -0.132. The SMILES string of the molecule is CC1=NC2(CCN(C(=O)C3=C(C)NC(=O)N[C@@H]3c3cccs3)CC2)C(=O)N1. The van der Waals surface area contributed by atoms with E-state index in [-0.39, 0.29) is 17.8 Å². The minimum atomic E-state index is -0.740. The first-order valence-corrected chi connectivity index (χ1v) is 9.76. The van der Waals surface area contributed by atoms with Crippen molar-refractivity contribution in [1.29, 1.82) is 0 Å². The summed E-state index contributed by atoms with van der Waals surface area (Å²) in [4.78, 5) is 44.6. The summed E-state index contributed by atoms with van der Waals surface area (Å²) in [6.07, 6.45) is 0.995. The van der Waals surface area contributed by atoms with Crippen molar-refractivity contribution in [3.8, 4) is 0 Å². The van der Waals surface area contributed by atoms with Gasteiger partial charge in [0.25, 0.3) is 11.8 Å². The summed E-state index contributed by atoms with van der Waals surface area (Å²) in [7, 11) is 0. The van der Waals surface area contributed by atoms with Crippen LogP contribution in [0.15, 0.2) is 33.8 Å². The summed E-state index contributed by atoms with van der Waals surface area (Å²) in [5, 5.41) is 10.2. The second kappa shape index (κ2) is 6.49. The van der Waals surface area contributed by atoms with Crippen LogP contribution in [0.4, 0.5) is 4.79 Å². The average molecular weight is 387 g/mol. The zero-order chi connectivity index (χ0) is 19.2. The van der Waals surface area contributed by atoms with Crippen molar-refractivity contribution in [2.24, 2.45) is 4.99 Å². The number of allylic oxidation sites excluding steroid dienone is 1. The molecule has 27 heavy (non-hydrogen) atoms. The third-order valence-corrected chi connectivity index (χ3v) is 6.24. The normalized spacial score (nSPS) is 24.4. The molecule has 1 spiro atoms. The number of aliphatic imine (C=N–C) groups is 1. The molecule has 0 unspecified atom stereocenters. The monoisotopic (exact) mass is 387 g/mol. The summed E-state index contributed by atoms with van der Waals surface area (Å²) in [6.45, 7) is 4.42. The number of urea groups is 1. The van der Waals surface area contributed by atoms with Crippen LogP contribution < -0.4 is 16.0 Å². The molecule has 8 nitrogen and oxygen atoms in total. The number of nitrogens with zero attached hydrogens (tertiary/aromatic N) is 2. The van der Waals surface area contributed by atoms with E-state index in [0.29, 0.717) is 43.0 Å². The van der Waals surface area contributed by atoms with Gasteiger partial charge in [0.1, 0.15) is 11.4 Å². The van der Waals surface area contributed by atoms with Crippen molar-refractivity contribution in [3.05, 3.63) is 33.7 Å². The Bertz CT molecular complexity index is 866. The van der Waals surface area contributed by atoms with Crippen LogP contribution in [-0.4, -0.2) is 47.2 Å². The molecule has 0 radical (unpaired) electrons. The highest BCUT2D eigenvalue weighted by Crippen LogP contribution is 2.34. The molecule has 3 N–H and O–H groups in total. The average Bonchev–Trinajstić information content (AvgIpc) is 3.23. The molecule has 0 bridgehead atoms. The number of carbonyl (C=O) groups is 3. The lowest BCUT2D eigenvalue weighted by atomic mass is 9.87. The van der Waals surface area contributed by atoms with E-state index in [1.54, 1.807) is 18.7 Å². The summed E-state index contributed by atoms with van der Waals surface area (Å²) in [6, 6.07) is 3.03. The number of thiophene rings is 1. The third kappa shape index (κ3) is 3.01. The van der Waals surface area contributed by atoms with Gasteiger partial charge in [-0.25, -0.2) is 4.79 Å². The molecule has 9 heteroatoms. The molecule has 3 aliphatic heterocycles. The van der Waals surface area contributed by atoms with E-state index >= 15 is 0 Å². The summed E-state index contributed by atoms with van der Waals surface area (Å²) < 4.78 is 0. The predicted molar refractivity (Wildman–Crippen MR) is 101 cm³/mol. The lowest BCUT2D eigenvalue weighted by Crippen LogP contribution is -2.53. The fraction of sp³-hybridized carbons (Fsp3) is 0.444. The van der Waals surface area contributed by atoms with Crippen LogP contribution in [0.3, 0.4) is 0 Å². The number of hydrogen-bond donors (Lipinski definition) is 3. The first kappa shape index (κ1) is 17.7. The minimum Gasteiger partial charge on any atom is -0.339 e. The van der Waals surface area contributed by atoms with Gasteiger partial charge < -0.3 is 20.9 Å². The Kier molecular flexibility index (Phi) is 4.26. The molecule has 4 amide bonds. The number of nitrogens with one attached hydrogen (secondary N) is 3. The highest BCUT2D eigenvalue weighted by Gasteiger charge is 2.46. The molecule has 1 aromatic rings. The number of hydrogen-bond acceptors (Lipinski definition) is 5. The highest BCUT2D eigenvalue weighted by atomic mass is 32.1. The molecule has 1 saturated heterocycles. The van der Waals surface area contributed by atoms with Gasteiger partial charge >= 0.3 is 6.03 Å². The molecule has 1 aromatic heterocycles. The van der Waals surface area contributed by atoms with Crippen LogP contribution in [0.1, 0.15) is 37.6 Å². The number of rotatable bonds is 2. The van der Waals surface area contributed by atoms with Gasteiger partial charge in [-0.3, -0.25) is 14.6 Å². The molecule has 0 saturated carbocycles. The van der Waals surface area contributed by atoms with E-state index < -0.39 is 11.6 Å². The van der Waals surface area contributed by atoms with E-state index in [2.05, 4.69) is 20.9 Å². The number of carbonyl (C=O) groups excluding carboxylic acids is 3. The van der Waals surface area contributed by atoms with Crippen LogP contribution in [-0.2, 0) is 9.59 Å². The number of piperidine rings is 1. The smallest absolute Gasteiger partial charge is 0.319 e. The Morgan fingerprint density at radius 2 is 2.00 bits per heavy atom. The van der Waals surface area contributed by atoms with Crippen molar-refractivity contribution in [3.63, 3.8) is 0 Å².